The summed E-state index contributed by atoms with van der Waals surface area (Å²) >= 11 is 0. The number of aromatic nitrogens is 2. The number of benzene rings is 1. The van der Waals surface area contributed by atoms with Crippen LogP contribution in [0.15, 0.2) is 52.6 Å². The van der Waals surface area contributed by atoms with Gasteiger partial charge in [0.25, 0.3) is 0 Å². The number of para-hydroxylation sites is 1. The number of hydrogen-bond donors (Lipinski definition) is 2. The van der Waals surface area contributed by atoms with Crippen molar-refractivity contribution in [3.05, 3.63) is 53.7 Å². The van der Waals surface area contributed by atoms with Gasteiger partial charge >= 0.3 is 0 Å². The van der Waals surface area contributed by atoms with Gasteiger partial charge < -0.3 is 25.5 Å². The number of hydrogen-bond acceptors (Lipinski definition) is 6. The Morgan fingerprint density at radius 1 is 1.20 bits per heavy atom. The topological polar surface area (TPSA) is 113 Å². The average molecular weight is 475 g/mol. The molecule has 1 saturated carbocycles. The number of aliphatic imine (C=N–C) groups is 2. The summed E-state index contributed by atoms with van der Waals surface area (Å²) in [4.78, 5) is 13.0. The van der Waals surface area contributed by atoms with E-state index in [-0.39, 0.29) is 18.2 Å². The predicted octanol–water partition coefficient (Wildman–Crippen LogP) is 4.39. The highest BCUT2D eigenvalue weighted by atomic mass is 16.8. The predicted molar refractivity (Wildman–Crippen MR) is 140 cm³/mol. The molecule has 0 spiro atoms. The van der Waals surface area contributed by atoms with Gasteiger partial charge in [-0.2, -0.15) is 0 Å². The molecule has 3 heterocycles. The largest absolute Gasteiger partial charge is 0.384 e. The van der Waals surface area contributed by atoms with Crippen LogP contribution in [-0.4, -0.2) is 47.1 Å². The zero-order valence-electron chi connectivity index (χ0n) is 20.6. The molecule has 3 aromatic rings. The minimum atomic E-state index is -0.620. The molecule has 1 saturated heterocycles. The summed E-state index contributed by atoms with van der Waals surface area (Å²) in [7, 11) is 1.68. The SMILES string of the molecule is C=Nc1c(/C(N)=N\C)ccn1[C@@H]1C[C@H](CCCc2cccc3ccc(N)nc23)[C@H]2OC(C)(C)O[C@H]21. The summed E-state index contributed by atoms with van der Waals surface area (Å²) in [6, 6.07) is 12.2. The first-order chi connectivity index (χ1) is 16.8. The van der Waals surface area contributed by atoms with Gasteiger partial charge in [0.15, 0.2) is 5.79 Å². The molecule has 0 bridgehead atoms. The highest BCUT2D eigenvalue weighted by Crippen LogP contribution is 2.49. The van der Waals surface area contributed by atoms with Gasteiger partial charge in [-0.3, -0.25) is 4.99 Å². The first kappa shape index (κ1) is 23.5. The fourth-order valence-corrected chi connectivity index (χ4v) is 5.79. The number of aryl methyl sites for hydroxylation is 1. The van der Waals surface area contributed by atoms with Gasteiger partial charge in [0.1, 0.15) is 23.6 Å². The third kappa shape index (κ3) is 4.32. The Bertz CT molecular complexity index is 1280. The van der Waals surface area contributed by atoms with Crippen LogP contribution < -0.4 is 11.5 Å². The number of amidine groups is 1. The molecule has 0 radical (unpaired) electrons. The Balaban J connectivity index is 1.36. The van der Waals surface area contributed by atoms with Crippen molar-refractivity contribution in [1.29, 1.82) is 0 Å². The Kier molecular flexibility index (Phi) is 6.11. The molecule has 35 heavy (non-hydrogen) atoms. The molecule has 1 aromatic carbocycles. The van der Waals surface area contributed by atoms with Crippen molar-refractivity contribution in [2.75, 3.05) is 12.8 Å². The molecule has 2 fully saturated rings. The van der Waals surface area contributed by atoms with E-state index in [1.165, 1.54) is 5.56 Å². The van der Waals surface area contributed by atoms with Crippen LogP contribution in [0.5, 0.6) is 0 Å². The summed E-state index contributed by atoms with van der Waals surface area (Å²) < 4.78 is 15.0. The standard InChI is InChI=1S/C27H34N6O2/c1-27(2)34-23-18(10-6-8-16-7-5-9-17-11-12-21(28)32-22(16)17)15-20(24(23)35-27)33-14-13-19(25(29)30-3)26(33)31-4/h5,7,9,11-14,18,20,23-24H,4,6,8,10,15H2,1-3H3,(H2,28,32)(H2,29,30)/t18-,20+,23+,24-/m0/s1. The molecule has 1 aliphatic heterocycles. The maximum absolute atomic E-state index is 6.42. The maximum Gasteiger partial charge on any atom is 0.163 e. The van der Waals surface area contributed by atoms with Gasteiger partial charge in [-0.05, 0) is 75.9 Å². The van der Waals surface area contributed by atoms with Gasteiger partial charge in [0, 0.05) is 18.6 Å². The summed E-state index contributed by atoms with van der Waals surface area (Å²) in [5.74, 6) is 1.47. The Morgan fingerprint density at radius 3 is 2.77 bits per heavy atom. The summed E-state index contributed by atoms with van der Waals surface area (Å²) in [5.41, 5.74) is 15.1. The average Bonchev–Trinajstić information content (AvgIpc) is 3.49. The normalized spacial score (nSPS) is 25.7. The molecule has 2 aromatic heterocycles. The van der Waals surface area contributed by atoms with E-state index in [0.29, 0.717) is 17.6 Å². The maximum atomic E-state index is 6.42. The van der Waals surface area contributed by atoms with Crippen molar-refractivity contribution in [2.24, 2.45) is 21.6 Å². The second-order valence-electron chi connectivity index (χ2n) is 9.97. The lowest BCUT2D eigenvalue weighted by Gasteiger charge is -2.25. The van der Waals surface area contributed by atoms with Crippen molar-refractivity contribution in [2.45, 2.75) is 63.6 Å². The molecule has 0 unspecified atom stereocenters. The quantitative estimate of drug-likeness (QED) is 0.389. The van der Waals surface area contributed by atoms with Crippen LogP contribution in [0.4, 0.5) is 11.6 Å². The monoisotopic (exact) mass is 474 g/mol. The lowest BCUT2D eigenvalue weighted by atomic mass is 9.95. The van der Waals surface area contributed by atoms with Crippen LogP contribution in [0.25, 0.3) is 10.9 Å². The van der Waals surface area contributed by atoms with Gasteiger partial charge in [-0.1, -0.05) is 18.2 Å². The Labute approximate surface area is 206 Å². The molecule has 4 atom stereocenters. The summed E-state index contributed by atoms with van der Waals surface area (Å²) in [5, 5.41) is 1.12. The number of nitrogens with two attached hydrogens (primary N) is 2. The van der Waals surface area contributed by atoms with Crippen LogP contribution in [-0.2, 0) is 15.9 Å². The van der Waals surface area contributed by atoms with Gasteiger partial charge in [-0.25, -0.2) is 9.98 Å². The molecule has 184 valence electrons. The lowest BCUT2D eigenvalue weighted by Crippen LogP contribution is -2.27. The van der Waals surface area contributed by atoms with E-state index in [4.69, 9.17) is 20.9 Å². The molecule has 5 rings (SSSR count). The van der Waals surface area contributed by atoms with Gasteiger partial charge in [0.05, 0.1) is 23.2 Å². The number of rotatable bonds is 7. The van der Waals surface area contributed by atoms with Crippen molar-refractivity contribution in [3.63, 3.8) is 0 Å². The van der Waals surface area contributed by atoms with E-state index < -0.39 is 5.79 Å². The van der Waals surface area contributed by atoms with E-state index in [9.17, 15) is 0 Å². The third-order valence-corrected chi connectivity index (χ3v) is 7.31. The van der Waals surface area contributed by atoms with Crippen molar-refractivity contribution in [1.82, 2.24) is 9.55 Å². The first-order valence-electron chi connectivity index (χ1n) is 12.2. The number of ether oxygens (including phenoxy) is 2. The number of nitrogen functional groups attached to an aromatic ring is 1. The van der Waals surface area contributed by atoms with Crippen molar-refractivity contribution >= 4 is 35.1 Å². The number of pyridine rings is 1. The molecular formula is C27H34N6O2. The number of anilines is 1. The highest BCUT2D eigenvalue weighted by Gasteiger charge is 2.54. The van der Waals surface area contributed by atoms with Gasteiger partial charge in [-0.15, -0.1) is 0 Å². The van der Waals surface area contributed by atoms with Crippen LogP contribution in [0.3, 0.4) is 0 Å². The van der Waals surface area contributed by atoms with Crippen LogP contribution in [0, 0.1) is 5.92 Å². The minimum Gasteiger partial charge on any atom is -0.384 e. The Hall–Kier alpha value is -3.23. The van der Waals surface area contributed by atoms with Crippen LogP contribution in [0.1, 0.15) is 50.3 Å². The zero-order chi connectivity index (χ0) is 24.7. The molecule has 2 aliphatic rings. The minimum absolute atomic E-state index is 0.0250. The van der Waals surface area contributed by atoms with E-state index in [1.807, 2.05) is 38.2 Å². The number of fused-ring (bicyclic) bond motifs is 2. The smallest absolute Gasteiger partial charge is 0.163 e. The second kappa shape index (κ2) is 9.09. The molecule has 1 aliphatic carbocycles. The number of nitrogens with zero attached hydrogens (tertiary/aromatic N) is 4. The lowest BCUT2D eigenvalue weighted by molar-refractivity contribution is -0.160. The summed E-state index contributed by atoms with van der Waals surface area (Å²) in [6.45, 7) is 7.77. The first-order valence-corrected chi connectivity index (χ1v) is 12.2. The van der Waals surface area contributed by atoms with E-state index in [0.717, 1.165) is 48.0 Å². The molecule has 8 nitrogen and oxygen atoms in total. The van der Waals surface area contributed by atoms with Crippen LogP contribution in [0.2, 0.25) is 0 Å². The second-order valence-corrected chi connectivity index (χ2v) is 9.97. The van der Waals surface area contributed by atoms with Crippen LogP contribution >= 0.6 is 0 Å². The highest BCUT2D eigenvalue weighted by molar-refractivity contribution is 6.01. The van der Waals surface area contributed by atoms with E-state index in [2.05, 4.69) is 44.5 Å². The zero-order valence-corrected chi connectivity index (χ0v) is 20.6. The summed E-state index contributed by atoms with van der Waals surface area (Å²) in [6.07, 6.45) is 5.91. The fraction of sp³-hybridized carbons (Fsp3) is 0.444. The molecule has 8 heteroatoms. The third-order valence-electron chi connectivity index (χ3n) is 7.31. The molecule has 4 N–H and O–H groups in total. The fourth-order valence-electron chi connectivity index (χ4n) is 5.79. The Morgan fingerprint density at radius 2 is 2.00 bits per heavy atom. The molecule has 0 amide bonds. The van der Waals surface area contributed by atoms with Crippen molar-refractivity contribution < 1.29 is 9.47 Å². The van der Waals surface area contributed by atoms with E-state index in [1.54, 1.807) is 7.05 Å². The molecular weight excluding hydrogens is 440 g/mol. The van der Waals surface area contributed by atoms with E-state index >= 15 is 0 Å². The van der Waals surface area contributed by atoms with Crippen molar-refractivity contribution in [3.8, 4) is 0 Å². The van der Waals surface area contributed by atoms with Gasteiger partial charge in [0.2, 0.25) is 0 Å².